The summed E-state index contributed by atoms with van der Waals surface area (Å²) in [6.45, 7) is 3.72. The standard InChI is InChI=1S/C25H30ClN5O4S/c1-31-10-11-34-14-17(31)15-35-21-13-27-8-6-16(21)12-29-19-7-9-28-24(32)22(19)25(36)30-20-5-3-4-18(26)23(20)33-2/h3-6,8,13,17,29H,7,9-12,14-15H2,1-2H3,(H,28,32)(H,30,36). The van der Waals surface area contributed by atoms with Crippen LogP contribution >= 0.6 is 23.8 Å². The van der Waals surface area contributed by atoms with E-state index in [0.29, 0.717) is 60.5 Å². The number of pyridine rings is 1. The number of carbonyl (C=O) groups excluding carboxylic acids is 1. The molecule has 9 nitrogen and oxygen atoms in total. The van der Waals surface area contributed by atoms with Gasteiger partial charge >= 0.3 is 0 Å². The van der Waals surface area contributed by atoms with Crippen molar-refractivity contribution in [3.05, 3.63) is 58.5 Å². The molecule has 2 aromatic rings. The maximum Gasteiger partial charge on any atom is 0.256 e. The number of likely N-dealkylation sites (N-methyl/N-ethyl adjacent to an activating group) is 1. The molecule has 1 saturated heterocycles. The molecule has 11 heteroatoms. The summed E-state index contributed by atoms with van der Waals surface area (Å²) in [4.78, 5) is 19.5. The zero-order chi connectivity index (χ0) is 25.5. The number of halogens is 1. The Morgan fingerprint density at radius 2 is 2.25 bits per heavy atom. The highest BCUT2D eigenvalue weighted by molar-refractivity contribution is 7.81. The molecule has 2 aliphatic rings. The first-order chi connectivity index (χ1) is 17.5. The summed E-state index contributed by atoms with van der Waals surface area (Å²) in [6, 6.07) is 7.39. The predicted octanol–water partition coefficient (Wildman–Crippen LogP) is 2.76. The molecule has 1 unspecified atom stereocenters. The van der Waals surface area contributed by atoms with Gasteiger partial charge in [0.05, 0.1) is 48.8 Å². The van der Waals surface area contributed by atoms with Crippen LogP contribution in [0.2, 0.25) is 5.02 Å². The number of nitrogens with one attached hydrogen (secondary N) is 3. The Bertz CT molecular complexity index is 1150. The van der Waals surface area contributed by atoms with Gasteiger partial charge in [-0.2, -0.15) is 0 Å². The summed E-state index contributed by atoms with van der Waals surface area (Å²) in [5.41, 5.74) is 2.65. The van der Waals surface area contributed by atoms with E-state index >= 15 is 0 Å². The smallest absolute Gasteiger partial charge is 0.256 e. The van der Waals surface area contributed by atoms with Crippen LogP contribution in [-0.2, 0) is 16.1 Å². The van der Waals surface area contributed by atoms with Gasteiger partial charge in [-0.25, -0.2) is 0 Å². The SMILES string of the molecule is COc1c(Cl)cccc1NC(=S)C1=C(NCc2ccncc2OCC2COCCN2C)CCNC1=O. The van der Waals surface area contributed by atoms with Gasteiger partial charge in [0, 0.05) is 43.5 Å². The van der Waals surface area contributed by atoms with Crippen molar-refractivity contribution in [2.75, 3.05) is 52.4 Å². The van der Waals surface area contributed by atoms with E-state index < -0.39 is 0 Å². The van der Waals surface area contributed by atoms with Crippen LogP contribution in [0.1, 0.15) is 12.0 Å². The molecule has 1 fully saturated rings. The highest BCUT2D eigenvalue weighted by Gasteiger charge is 2.25. The number of para-hydroxylation sites is 1. The summed E-state index contributed by atoms with van der Waals surface area (Å²) < 4.78 is 17.1. The lowest BCUT2D eigenvalue weighted by Gasteiger charge is -2.32. The lowest BCUT2D eigenvalue weighted by Crippen LogP contribution is -2.46. The van der Waals surface area contributed by atoms with Gasteiger partial charge in [-0.3, -0.25) is 14.7 Å². The quantitative estimate of drug-likeness (QED) is 0.422. The maximum atomic E-state index is 12.8. The third-order valence-electron chi connectivity index (χ3n) is 6.15. The fourth-order valence-corrected chi connectivity index (χ4v) is 4.63. The van der Waals surface area contributed by atoms with Crippen LogP contribution in [0.3, 0.4) is 0 Å². The summed E-state index contributed by atoms with van der Waals surface area (Å²) >= 11 is 11.9. The number of rotatable bonds is 9. The zero-order valence-corrected chi connectivity index (χ0v) is 21.9. The summed E-state index contributed by atoms with van der Waals surface area (Å²) in [5, 5.41) is 9.83. The Morgan fingerprint density at radius 1 is 1.39 bits per heavy atom. The third-order valence-corrected chi connectivity index (χ3v) is 6.76. The number of thiocarbonyl (C=S) groups is 1. The molecule has 3 N–H and O–H groups in total. The van der Waals surface area contributed by atoms with Crippen LogP contribution in [0.25, 0.3) is 0 Å². The molecule has 3 heterocycles. The number of aromatic nitrogens is 1. The van der Waals surface area contributed by atoms with Crippen LogP contribution in [0.15, 0.2) is 47.9 Å². The minimum Gasteiger partial charge on any atom is -0.493 e. The molecule has 0 aliphatic carbocycles. The van der Waals surface area contributed by atoms with E-state index in [1.165, 1.54) is 7.11 Å². The van der Waals surface area contributed by atoms with E-state index in [1.54, 1.807) is 30.6 Å². The van der Waals surface area contributed by atoms with Gasteiger partial charge in [0.25, 0.3) is 5.91 Å². The van der Waals surface area contributed by atoms with Crippen molar-refractivity contribution in [3.8, 4) is 11.5 Å². The van der Waals surface area contributed by atoms with Crippen molar-refractivity contribution in [3.63, 3.8) is 0 Å². The van der Waals surface area contributed by atoms with Crippen LogP contribution in [0, 0.1) is 0 Å². The third kappa shape index (κ3) is 6.25. The van der Waals surface area contributed by atoms with E-state index in [-0.39, 0.29) is 16.9 Å². The average molecular weight is 532 g/mol. The fraction of sp³-hybridized carbons (Fsp3) is 0.400. The molecule has 1 aromatic carbocycles. The topological polar surface area (TPSA) is 97.0 Å². The lowest BCUT2D eigenvalue weighted by molar-refractivity contribution is -0.117. The molecule has 36 heavy (non-hydrogen) atoms. The number of methoxy groups -OCH3 is 1. The molecule has 1 amide bonds. The number of anilines is 1. The number of carbonyl (C=O) groups is 1. The number of hydrogen-bond acceptors (Lipinski definition) is 8. The van der Waals surface area contributed by atoms with Crippen molar-refractivity contribution >= 4 is 40.4 Å². The van der Waals surface area contributed by atoms with Crippen LogP contribution < -0.4 is 25.4 Å². The highest BCUT2D eigenvalue weighted by atomic mass is 35.5. The molecular formula is C25H30ClN5O4S. The van der Waals surface area contributed by atoms with Crippen molar-refractivity contribution in [2.24, 2.45) is 0 Å². The molecule has 4 rings (SSSR count). The monoisotopic (exact) mass is 531 g/mol. The van der Waals surface area contributed by atoms with Gasteiger partial charge in [-0.15, -0.1) is 0 Å². The number of nitrogens with zero attached hydrogens (tertiary/aromatic N) is 2. The van der Waals surface area contributed by atoms with Crippen molar-refractivity contribution in [1.82, 2.24) is 20.5 Å². The Labute approximate surface area is 221 Å². The van der Waals surface area contributed by atoms with Crippen molar-refractivity contribution in [1.29, 1.82) is 0 Å². The molecular weight excluding hydrogens is 502 g/mol. The Hall–Kier alpha value is -2.92. The van der Waals surface area contributed by atoms with Gasteiger partial charge in [0.1, 0.15) is 17.3 Å². The predicted molar refractivity (Wildman–Crippen MR) is 143 cm³/mol. The second-order valence-corrected chi connectivity index (χ2v) is 9.31. The van der Waals surface area contributed by atoms with Crippen LogP contribution in [-0.4, -0.2) is 73.9 Å². The number of benzene rings is 1. The Morgan fingerprint density at radius 3 is 3.06 bits per heavy atom. The first-order valence-electron chi connectivity index (χ1n) is 11.7. The Balaban J connectivity index is 1.48. The molecule has 192 valence electrons. The van der Waals surface area contributed by atoms with E-state index in [1.807, 2.05) is 6.07 Å². The summed E-state index contributed by atoms with van der Waals surface area (Å²) in [7, 11) is 3.60. The molecule has 0 bridgehead atoms. The molecule has 0 saturated carbocycles. The fourth-order valence-electron chi connectivity index (χ4n) is 4.05. The second kappa shape index (κ2) is 12.4. The van der Waals surface area contributed by atoms with E-state index in [4.69, 9.17) is 38.0 Å². The largest absolute Gasteiger partial charge is 0.493 e. The van der Waals surface area contributed by atoms with E-state index in [2.05, 4.69) is 32.9 Å². The first kappa shape index (κ1) is 26.2. The van der Waals surface area contributed by atoms with Gasteiger partial charge in [-0.05, 0) is 25.2 Å². The van der Waals surface area contributed by atoms with Crippen LogP contribution in [0.5, 0.6) is 11.5 Å². The molecule has 1 aromatic heterocycles. The van der Waals surface area contributed by atoms with Gasteiger partial charge < -0.3 is 30.2 Å². The summed E-state index contributed by atoms with van der Waals surface area (Å²) in [6.07, 6.45) is 4.04. The first-order valence-corrected chi connectivity index (χ1v) is 12.5. The summed E-state index contributed by atoms with van der Waals surface area (Å²) in [5.74, 6) is 0.907. The van der Waals surface area contributed by atoms with Gasteiger partial charge in [0.2, 0.25) is 0 Å². The lowest BCUT2D eigenvalue weighted by atomic mass is 10.1. The van der Waals surface area contributed by atoms with Crippen molar-refractivity contribution in [2.45, 2.75) is 19.0 Å². The van der Waals surface area contributed by atoms with E-state index in [0.717, 1.165) is 24.4 Å². The molecule has 1 atom stereocenters. The van der Waals surface area contributed by atoms with Gasteiger partial charge in [0.15, 0.2) is 5.75 Å². The molecule has 0 spiro atoms. The average Bonchev–Trinajstić information content (AvgIpc) is 2.87. The van der Waals surface area contributed by atoms with Crippen LogP contribution in [0.4, 0.5) is 5.69 Å². The molecule has 0 radical (unpaired) electrons. The Kier molecular flexibility index (Phi) is 8.98. The number of hydrogen-bond donors (Lipinski definition) is 3. The maximum absolute atomic E-state index is 12.8. The number of morpholine rings is 1. The van der Waals surface area contributed by atoms with E-state index in [9.17, 15) is 4.79 Å². The second-order valence-electron chi connectivity index (χ2n) is 8.49. The normalized spacial score (nSPS) is 18.4. The highest BCUT2D eigenvalue weighted by Crippen LogP contribution is 2.33. The van der Waals surface area contributed by atoms with Crippen molar-refractivity contribution < 1.29 is 19.0 Å². The number of amides is 1. The van der Waals surface area contributed by atoms with Gasteiger partial charge in [-0.1, -0.05) is 29.9 Å². The number of ether oxygens (including phenoxy) is 3. The minimum absolute atomic E-state index is 0.183. The minimum atomic E-state index is -0.242. The zero-order valence-electron chi connectivity index (χ0n) is 20.3. The molecule has 2 aliphatic heterocycles.